The van der Waals surface area contributed by atoms with E-state index in [-0.39, 0.29) is 18.0 Å². The minimum absolute atomic E-state index is 0.0551. The Morgan fingerprint density at radius 2 is 1.90 bits per heavy atom. The van der Waals surface area contributed by atoms with E-state index in [0.29, 0.717) is 13.0 Å². The van der Waals surface area contributed by atoms with Gasteiger partial charge in [-0.2, -0.15) is 5.10 Å². The van der Waals surface area contributed by atoms with Crippen LogP contribution < -0.4 is 21.0 Å². The molecule has 0 spiro atoms. The predicted molar refractivity (Wildman–Crippen MR) is 115 cm³/mol. The van der Waals surface area contributed by atoms with Crippen LogP contribution in [0.25, 0.3) is 10.8 Å². The zero-order valence-corrected chi connectivity index (χ0v) is 16.3. The molecule has 1 aliphatic rings. The van der Waals surface area contributed by atoms with Gasteiger partial charge in [0, 0.05) is 11.6 Å². The number of rotatable bonds is 6. The molecule has 2 unspecified atom stereocenters. The Morgan fingerprint density at radius 1 is 1.10 bits per heavy atom. The van der Waals surface area contributed by atoms with Gasteiger partial charge in [0.05, 0.1) is 12.8 Å². The van der Waals surface area contributed by atoms with Crippen molar-refractivity contribution in [1.29, 1.82) is 0 Å². The van der Waals surface area contributed by atoms with E-state index in [1.54, 1.807) is 6.21 Å². The molecule has 3 aromatic rings. The van der Waals surface area contributed by atoms with Crippen molar-refractivity contribution in [3.63, 3.8) is 0 Å². The van der Waals surface area contributed by atoms with Crippen molar-refractivity contribution in [1.82, 2.24) is 16.3 Å². The Balaban J connectivity index is 1.40. The summed E-state index contributed by atoms with van der Waals surface area (Å²) in [5.41, 5.74) is 11.0. The first-order valence-corrected chi connectivity index (χ1v) is 9.79. The quantitative estimate of drug-likeness (QED) is 0.447. The molecule has 6 heteroatoms. The van der Waals surface area contributed by atoms with Crippen molar-refractivity contribution in [3.8, 4) is 5.75 Å². The minimum atomic E-state index is -0.363. The van der Waals surface area contributed by atoms with Crippen LogP contribution >= 0.6 is 0 Å². The highest BCUT2D eigenvalue weighted by molar-refractivity contribution is 5.88. The van der Waals surface area contributed by atoms with Gasteiger partial charge in [-0.1, -0.05) is 54.6 Å². The van der Waals surface area contributed by atoms with E-state index >= 15 is 0 Å². The van der Waals surface area contributed by atoms with Gasteiger partial charge in [-0.05, 0) is 41.8 Å². The van der Waals surface area contributed by atoms with Gasteiger partial charge in [0.1, 0.15) is 11.8 Å². The molecule has 3 N–H and O–H groups in total. The van der Waals surface area contributed by atoms with Gasteiger partial charge in [-0.25, -0.2) is 16.3 Å². The molecular weight excluding hydrogens is 364 g/mol. The standard InChI is InChI=1S/C23H24N4O2/c1-2-29-22-13-6-4-9-17(22)15-24-27-23(28)21-14-20(25-26-21)19-12-7-10-16-8-3-5-11-18(16)19/h3-13,15,20-21,25-26H,2,14H2,1H3,(H,27,28)/b24-15-. The number of carbonyl (C=O) groups is 1. The number of hydrazone groups is 1. The third-order valence-electron chi connectivity index (χ3n) is 5.02. The number of para-hydroxylation sites is 1. The van der Waals surface area contributed by atoms with Crippen LogP contribution in [-0.2, 0) is 4.79 Å². The molecule has 3 aromatic carbocycles. The lowest BCUT2D eigenvalue weighted by Gasteiger charge is -2.13. The number of carbonyl (C=O) groups excluding carboxylic acids is 1. The zero-order valence-electron chi connectivity index (χ0n) is 16.3. The lowest BCUT2D eigenvalue weighted by molar-refractivity contribution is -0.122. The summed E-state index contributed by atoms with van der Waals surface area (Å²) >= 11 is 0. The summed E-state index contributed by atoms with van der Waals surface area (Å²) < 4.78 is 5.57. The summed E-state index contributed by atoms with van der Waals surface area (Å²) in [5, 5.41) is 6.49. The molecule has 29 heavy (non-hydrogen) atoms. The van der Waals surface area contributed by atoms with Crippen LogP contribution in [0.1, 0.15) is 30.5 Å². The van der Waals surface area contributed by atoms with Crippen LogP contribution in [-0.4, -0.2) is 24.8 Å². The fraction of sp³-hybridized carbons (Fsp3) is 0.217. The van der Waals surface area contributed by atoms with Gasteiger partial charge in [0.15, 0.2) is 0 Å². The zero-order chi connectivity index (χ0) is 20.1. The maximum Gasteiger partial charge on any atom is 0.258 e. The van der Waals surface area contributed by atoms with E-state index in [2.05, 4.69) is 45.6 Å². The third-order valence-corrected chi connectivity index (χ3v) is 5.02. The molecular formula is C23H24N4O2. The number of amides is 1. The summed E-state index contributed by atoms with van der Waals surface area (Å²) in [6.07, 6.45) is 2.25. The molecule has 1 saturated heterocycles. The molecule has 4 rings (SSSR count). The molecule has 0 aromatic heterocycles. The van der Waals surface area contributed by atoms with E-state index in [0.717, 1.165) is 11.3 Å². The number of nitrogens with zero attached hydrogens (tertiary/aromatic N) is 1. The normalized spacial score (nSPS) is 18.9. The Morgan fingerprint density at radius 3 is 2.79 bits per heavy atom. The first-order chi connectivity index (χ1) is 14.3. The Hall–Kier alpha value is -3.22. The van der Waals surface area contributed by atoms with Gasteiger partial charge in [-0.3, -0.25) is 4.79 Å². The molecule has 6 nitrogen and oxygen atoms in total. The molecule has 0 saturated carbocycles. The summed E-state index contributed by atoms with van der Waals surface area (Å²) in [6, 6.07) is 21.8. The highest BCUT2D eigenvalue weighted by Crippen LogP contribution is 2.29. The van der Waals surface area contributed by atoms with Crippen molar-refractivity contribution in [2.75, 3.05) is 6.61 Å². The van der Waals surface area contributed by atoms with Crippen LogP contribution in [0.2, 0.25) is 0 Å². The maximum atomic E-state index is 12.5. The summed E-state index contributed by atoms with van der Waals surface area (Å²) in [7, 11) is 0. The van der Waals surface area contributed by atoms with E-state index in [9.17, 15) is 4.79 Å². The van der Waals surface area contributed by atoms with Crippen molar-refractivity contribution in [3.05, 3.63) is 77.9 Å². The molecule has 148 valence electrons. The van der Waals surface area contributed by atoms with E-state index in [1.165, 1.54) is 16.3 Å². The highest BCUT2D eigenvalue weighted by atomic mass is 16.5. The average molecular weight is 388 g/mol. The van der Waals surface area contributed by atoms with Gasteiger partial charge in [0.25, 0.3) is 5.91 Å². The van der Waals surface area contributed by atoms with Crippen molar-refractivity contribution in [2.24, 2.45) is 5.10 Å². The molecule has 0 aliphatic carbocycles. The van der Waals surface area contributed by atoms with E-state index in [4.69, 9.17) is 4.74 Å². The Kier molecular flexibility index (Phi) is 5.84. The minimum Gasteiger partial charge on any atom is -0.493 e. The molecule has 2 atom stereocenters. The van der Waals surface area contributed by atoms with Crippen LogP contribution in [0.15, 0.2) is 71.8 Å². The van der Waals surface area contributed by atoms with E-state index < -0.39 is 0 Å². The summed E-state index contributed by atoms with van der Waals surface area (Å²) in [4.78, 5) is 12.5. The molecule has 1 amide bonds. The monoisotopic (exact) mass is 388 g/mol. The lowest BCUT2D eigenvalue weighted by atomic mass is 9.96. The topological polar surface area (TPSA) is 74.8 Å². The molecule has 0 radical (unpaired) electrons. The third kappa shape index (κ3) is 4.29. The second-order valence-corrected chi connectivity index (χ2v) is 6.90. The van der Waals surface area contributed by atoms with Crippen LogP contribution in [0.3, 0.4) is 0 Å². The highest BCUT2D eigenvalue weighted by Gasteiger charge is 2.30. The number of nitrogens with one attached hydrogen (secondary N) is 3. The smallest absolute Gasteiger partial charge is 0.258 e. The number of benzene rings is 3. The second kappa shape index (κ2) is 8.86. The first kappa shape index (κ1) is 19.1. The number of fused-ring (bicyclic) bond motifs is 1. The van der Waals surface area contributed by atoms with Gasteiger partial charge >= 0.3 is 0 Å². The number of ether oxygens (including phenoxy) is 1. The molecule has 1 fully saturated rings. The lowest BCUT2D eigenvalue weighted by Crippen LogP contribution is -2.41. The number of hydrogen-bond donors (Lipinski definition) is 3. The van der Waals surface area contributed by atoms with E-state index in [1.807, 2.05) is 49.4 Å². The SMILES string of the molecule is CCOc1ccccc1/C=N\NC(=O)C1CC(c2cccc3ccccc23)NN1. The number of hydrogen-bond acceptors (Lipinski definition) is 5. The van der Waals surface area contributed by atoms with Gasteiger partial charge < -0.3 is 4.74 Å². The Bertz CT molecular complexity index is 1030. The van der Waals surface area contributed by atoms with Gasteiger partial charge in [-0.15, -0.1) is 0 Å². The van der Waals surface area contributed by atoms with Crippen LogP contribution in [0, 0.1) is 0 Å². The summed E-state index contributed by atoms with van der Waals surface area (Å²) in [6.45, 7) is 2.51. The van der Waals surface area contributed by atoms with Crippen molar-refractivity contribution < 1.29 is 9.53 Å². The average Bonchev–Trinajstić information content (AvgIpc) is 3.25. The van der Waals surface area contributed by atoms with Crippen LogP contribution in [0.5, 0.6) is 5.75 Å². The fourth-order valence-corrected chi connectivity index (χ4v) is 3.60. The molecule has 0 bridgehead atoms. The largest absolute Gasteiger partial charge is 0.493 e. The molecule has 1 aliphatic heterocycles. The molecule has 1 heterocycles. The van der Waals surface area contributed by atoms with Crippen molar-refractivity contribution >= 4 is 22.9 Å². The number of hydrazine groups is 1. The van der Waals surface area contributed by atoms with Crippen LogP contribution in [0.4, 0.5) is 0 Å². The fourth-order valence-electron chi connectivity index (χ4n) is 3.60. The Labute approximate surface area is 169 Å². The predicted octanol–water partition coefficient (Wildman–Crippen LogP) is 3.30. The van der Waals surface area contributed by atoms with Gasteiger partial charge in [0.2, 0.25) is 0 Å². The first-order valence-electron chi connectivity index (χ1n) is 9.79. The van der Waals surface area contributed by atoms with Crippen molar-refractivity contribution in [2.45, 2.75) is 25.4 Å². The summed E-state index contributed by atoms with van der Waals surface area (Å²) in [5.74, 6) is 0.565. The maximum absolute atomic E-state index is 12.5. The second-order valence-electron chi connectivity index (χ2n) is 6.90.